The molecule has 0 N–H and O–H groups in total. The molecule has 1 unspecified atom stereocenters. The Balaban J connectivity index is 1.11. The van der Waals surface area contributed by atoms with Crippen LogP contribution in [0.5, 0.6) is 0 Å². The van der Waals surface area contributed by atoms with Gasteiger partial charge in [-0.05, 0) is 59.5 Å². The second-order valence-corrected chi connectivity index (χ2v) is 15.1. The van der Waals surface area contributed by atoms with Crippen LogP contribution in [0.15, 0.2) is 145 Å². The zero-order valence-corrected chi connectivity index (χ0v) is 30.5. The largest absolute Gasteiger partial charge is 0.247 e. The van der Waals surface area contributed by atoms with E-state index >= 15 is 0 Å². The molecule has 0 amide bonds. The number of fused-ring (bicyclic) bond motifs is 4. The van der Waals surface area contributed by atoms with E-state index in [2.05, 4.69) is 74.2 Å². The van der Waals surface area contributed by atoms with Crippen LogP contribution >= 0.6 is 22.7 Å². The first-order valence-electron chi connectivity index (χ1n) is 17.4. The van der Waals surface area contributed by atoms with Crippen molar-refractivity contribution in [3.05, 3.63) is 183 Å². The molecule has 1 atom stereocenters. The molecular formula is C46H31N5S2. The summed E-state index contributed by atoms with van der Waals surface area (Å²) in [7, 11) is 0. The van der Waals surface area contributed by atoms with E-state index in [-0.39, 0.29) is 5.92 Å². The minimum absolute atomic E-state index is 0.0203. The highest BCUT2D eigenvalue weighted by atomic mass is 32.1. The molecule has 0 spiro atoms. The molecule has 0 saturated carbocycles. The van der Waals surface area contributed by atoms with Gasteiger partial charge in [0.05, 0.1) is 27.9 Å². The summed E-state index contributed by atoms with van der Waals surface area (Å²) in [6, 6.07) is 45.1. The fourth-order valence-electron chi connectivity index (χ4n) is 7.00. The molecule has 8 aromatic rings. The first-order valence-corrected chi connectivity index (χ1v) is 19.0. The number of aliphatic imine (C=N–C) groups is 1. The molecule has 252 valence electrons. The topological polar surface area (TPSA) is 74.8 Å². The number of hydrogen-bond donors (Lipinski definition) is 0. The number of benzene rings is 5. The van der Waals surface area contributed by atoms with Crippen molar-refractivity contribution in [1.82, 2.24) is 15.0 Å². The summed E-state index contributed by atoms with van der Waals surface area (Å²) in [5, 5.41) is 12.1. The summed E-state index contributed by atoms with van der Waals surface area (Å²) < 4.78 is 2.36. The van der Waals surface area contributed by atoms with Gasteiger partial charge in [-0.3, -0.25) is 0 Å². The second-order valence-electron chi connectivity index (χ2n) is 13.0. The van der Waals surface area contributed by atoms with Gasteiger partial charge in [-0.2, -0.15) is 5.26 Å². The van der Waals surface area contributed by atoms with Crippen LogP contribution in [0.4, 0.5) is 0 Å². The zero-order valence-electron chi connectivity index (χ0n) is 28.8. The van der Waals surface area contributed by atoms with Crippen LogP contribution in [0.2, 0.25) is 0 Å². The highest BCUT2D eigenvalue weighted by Gasteiger charge is 2.25. The van der Waals surface area contributed by atoms with Gasteiger partial charge < -0.3 is 0 Å². The highest BCUT2D eigenvalue weighted by molar-refractivity contribution is 7.21. The van der Waals surface area contributed by atoms with Gasteiger partial charge in [0, 0.05) is 42.4 Å². The van der Waals surface area contributed by atoms with Crippen molar-refractivity contribution in [1.29, 1.82) is 5.26 Å². The Morgan fingerprint density at radius 1 is 0.774 bits per heavy atom. The van der Waals surface area contributed by atoms with Crippen molar-refractivity contribution < 1.29 is 0 Å². The number of thiophene rings is 2. The molecule has 3 heterocycles. The van der Waals surface area contributed by atoms with Crippen molar-refractivity contribution in [2.24, 2.45) is 4.99 Å². The Hall–Kier alpha value is -6.33. The zero-order chi connectivity index (χ0) is 35.9. The Morgan fingerprint density at radius 2 is 1.45 bits per heavy atom. The van der Waals surface area contributed by atoms with E-state index in [9.17, 15) is 5.26 Å². The smallest absolute Gasteiger partial charge is 0.163 e. The van der Waals surface area contributed by atoms with Crippen molar-refractivity contribution in [3.63, 3.8) is 0 Å². The number of aryl methyl sites for hydroxylation is 1. The van der Waals surface area contributed by atoms with Crippen LogP contribution in [-0.4, -0.2) is 20.7 Å². The van der Waals surface area contributed by atoms with Gasteiger partial charge in [0.25, 0.3) is 0 Å². The third-order valence-corrected chi connectivity index (χ3v) is 12.2. The van der Waals surface area contributed by atoms with Gasteiger partial charge >= 0.3 is 0 Å². The van der Waals surface area contributed by atoms with E-state index < -0.39 is 0 Å². The van der Waals surface area contributed by atoms with Crippen molar-refractivity contribution in [2.45, 2.75) is 19.3 Å². The van der Waals surface area contributed by atoms with Crippen molar-refractivity contribution in [3.8, 4) is 28.8 Å². The van der Waals surface area contributed by atoms with E-state index in [0.29, 0.717) is 22.9 Å². The van der Waals surface area contributed by atoms with Gasteiger partial charge in [-0.1, -0.05) is 122 Å². The second kappa shape index (κ2) is 13.7. The fraction of sp³-hybridized carbons (Fsp3) is 0.0652. The number of nitriles is 1. The van der Waals surface area contributed by atoms with E-state index in [1.165, 1.54) is 31.5 Å². The standard InChI is InChI=1S/C46H31N5S2/c1-28-35-19-9-10-22-39(35)52-42(28)41(33-18-11-13-30(25-33)27-47)48-29(2)36-20-12-21-37-38-26-34(23-24-40(38)53-43(36)37)46-50-44(31-14-5-3-6-15-31)49-45(51-46)32-16-7-4-8-17-32/h3-25,34H,2,26H2,1H3. The molecular weight excluding hydrogens is 687 g/mol. The molecule has 7 heteroatoms. The first kappa shape index (κ1) is 32.6. The lowest BCUT2D eigenvalue weighted by molar-refractivity contribution is 0.754. The van der Waals surface area contributed by atoms with Crippen molar-refractivity contribution in [2.75, 3.05) is 0 Å². The normalized spacial score (nSPS) is 14.0. The molecule has 5 aromatic carbocycles. The number of rotatable bonds is 7. The van der Waals surface area contributed by atoms with Gasteiger partial charge in [0.15, 0.2) is 11.6 Å². The maximum atomic E-state index is 9.74. The monoisotopic (exact) mass is 717 g/mol. The summed E-state index contributed by atoms with van der Waals surface area (Å²) in [5.41, 5.74) is 8.36. The van der Waals surface area contributed by atoms with Gasteiger partial charge in [0.1, 0.15) is 5.82 Å². The van der Waals surface area contributed by atoms with E-state index in [1.807, 2.05) is 84.9 Å². The van der Waals surface area contributed by atoms with E-state index in [4.69, 9.17) is 19.9 Å². The van der Waals surface area contributed by atoms with Crippen LogP contribution in [0, 0.1) is 18.3 Å². The maximum Gasteiger partial charge on any atom is 0.163 e. The first-order chi connectivity index (χ1) is 26.0. The van der Waals surface area contributed by atoms with E-state index in [0.717, 1.165) is 49.8 Å². The van der Waals surface area contributed by atoms with Crippen LogP contribution in [-0.2, 0) is 6.42 Å². The van der Waals surface area contributed by atoms with Gasteiger partial charge in [-0.15, -0.1) is 22.7 Å². The number of nitrogens with zero attached hydrogens (tertiary/aromatic N) is 5. The summed E-state index contributed by atoms with van der Waals surface area (Å²) in [6.07, 6.45) is 5.22. The lowest BCUT2D eigenvalue weighted by atomic mass is 9.91. The molecule has 0 saturated heterocycles. The lowest BCUT2D eigenvalue weighted by Crippen LogP contribution is -2.11. The maximum absolute atomic E-state index is 9.74. The highest BCUT2D eigenvalue weighted by Crippen LogP contribution is 2.43. The summed E-state index contributed by atoms with van der Waals surface area (Å²) in [6.45, 7) is 6.70. The summed E-state index contributed by atoms with van der Waals surface area (Å²) in [5.74, 6) is 2.08. The van der Waals surface area contributed by atoms with Gasteiger partial charge in [0.2, 0.25) is 0 Å². The third kappa shape index (κ3) is 6.08. The Kier molecular flexibility index (Phi) is 8.40. The number of aromatic nitrogens is 3. The quantitative estimate of drug-likeness (QED) is 0.154. The molecule has 53 heavy (non-hydrogen) atoms. The molecule has 1 aliphatic rings. The Morgan fingerprint density at radius 3 is 2.17 bits per heavy atom. The Bertz CT molecular complexity index is 2750. The average molecular weight is 718 g/mol. The molecule has 5 nitrogen and oxygen atoms in total. The summed E-state index contributed by atoms with van der Waals surface area (Å²) >= 11 is 3.50. The molecule has 1 aliphatic carbocycles. The minimum atomic E-state index is -0.0203. The molecule has 9 rings (SSSR count). The number of allylic oxidation sites excluding steroid dienone is 1. The lowest BCUT2D eigenvalue weighted by Gasteiger charge is -2.18. The average Bonchev–Trinajstić information content (AvgIpc) is 3.77. The molecule has 0 fully saturated rings. The molecule has 0 bridgehead atoms. The molecule has 0 radical (unpaired) electrons. The summed E-state index contributed by atoms with van der Waals surface area (Å²) in [4.78, 5) is 22.6. The predicted molar refractivity (Wildman–Crippen MR) is 220 cm³/mol. The van der Waals surface area contributed by atoms with Crippen LogP contribution < -0.4 is 0 Å². The molecule has 0 aliphatic heterocycles. The Labute approximate surface area is 315 Å². The third-order valence-electron chi connectivity index (χ3n) is 9.68. The van der Waals surface area contributed by atoms with Crippen LogP contribution in [0.1, 0.15) is 49.3 Å². The van der Waals surface area contributed by atoms with Crippen molar-refractivity contribution >= 4 is 60.3 Å². The molecule has 3 aromatic heterocycles. The fourth-order valence-corrected chi connectivity index (χ4v) is 9.50. The van der Waals surface area contributed by atoms with E-state index in [1.54, 1.807) is 22.7 Å². The minimum Gasteiger partial charge on any atom is -0.247 e. The number of hydrogen-bond acceptors (Lipinski definition) is 7. The van der Waals surface area contributed by atoms with Crippen LogP contribution in [0.25, 0.3) is 54.7 Å². The predicted octanol–water partition coefficient (Wildman–Crippen LogP) is 11.7. The SMILES string of the molecule is C=C(N=C(c1cccc(C#N)c1)c1sc2ccccc2c1C)c1cccc2c3c(sc12)C=CC(c1nc(-c2ccccc2)nc(-c2ccccc2)n1)C3. The van der Waals surface area contributed by atoms with Crippen LogP contribution in [0.3, 0.4) is 0 Å². The van der Waals surface area contributed by atoms with Gasteiger partial charge in [-0.25, -0.2) is 19.9 Å².